The number of fused-ring (bicyclic) bond motifs is 1. The highest BCUT2D eigenvalue weighted by Gasteiger charge is 2.31. The number of hydrogen-bond donors (Lipinski definition) is 2. The van der Waals surface area contributed by atoms with E-state index in [1.807, 2.05) is 38.1 Å². The van der Waals surface area contributed by atoms with E-state index in [0.717, 1.165) is 28.6 Å². The highest BCUT2D eigenvalue weighted by molar-refractivity contribution is 5.79. The van der Waals surface area contributed by atoms with E-state index in [2.05, 4.69) is 9.88 Å². The molecule has 0 amide bonds. The molecule has 0 spiro atoms. The molecule has 0 bridgehead atoms. The first kappa shape index (κ1) is 15.2. The third kappa shape index (κ3) is 2.92. The highest BCUT2D eigenvalue weighted by atomic mass is 16.5. The number of H-pyrrole nitrogens is 1. The Kier molecular flexibility index (Phi) is 4.29. The van der Waals surface area contributed by atoms with E-state index in [1.54, 1.807) is 0 Å². The first-order valence-corrected chi connectivity index (χ1v) is 7.71. The number of hydrogen-bond acceptors (Lipinski definition) is 4. The number of aryl methyl sites for hydroxylation is 1. The molecule has 3 rings (SSSR count). The Morgan fingerprint density at radius 3 is 2.86 bits per heavy atom. The lowest BCUT2D eigenvalue weighted by atomic mass is 10.1. The van der Waals surface area contributed by atoms with Crippen molar-refractivity contribution in [1.82, 2.24) is 9.88 Å². The summed E-state index contributed by atoms with van der Waals surface area (Å²) in [6.45, 7) is 6.20. The van der Waals surface area contributed by atoms with Crippen molar-refractivity contribution < 1.29 is 9.84 Å². The molecule has 0 unspecified atom stereocenters. The topological polar surface area (TPSA) is 65.6 Å². The molecule has 2 aromatic rings. The van der Waals surface area contributed by atoms with Crippen LogP contribution in [-0.4, -0.2) is 46.9 Å². The predicted molar refractivity (Wildman–Crippen MR) is 86.0 cm³/mol. The van der Waals surface area contributed by atoms with Crippen LogP contribution in [0, 0.1) is 6.92 Å². The van der Waals surface area contributed by atoms with Gasteiger partial charge in [-0.1, -0.05) is 19.1 Å². The van der Waals surface area contributed by atoms with Crippen LogP contribution >= 0.6 is 0 Å². The number of nitrogens with one attached hydrogen (secondary N) is 1. The summed E-state index contributed by atoms with van der Waals surface area (Å²) in [4.78, 5) is 17.4. The third-order valence-corrected chi connectivity index (χ3v) is 4.35. The maximum absolute atomic E-state index is 12.3. The lowest BCUT2D eigenvalue weighted by Crippen LogP contribution is -2.43. The number of benzene rings is 1. The maximum Gasteiger partial charge on any atom is 0.252 e. The van der Waals surface area contributed by atoms with Crippen molar-refractivity contribution in [3.8, 4) is 0 Å². The largest absolute Gasteiger partial charge is 0.389 e. The SMILES string of the molecule is CCN(Cc1cc2ccc(C)cc2[nH]c1=O)[C@H]1COC[C@@H]1O. The zero-order valence-electron chi connectivity index (χ0n) is 13.0. The molecule has 0 saturated carbocycles. The highest BCUT2D eigenvalue weighted by Crippen LogP contribution is 2.17. The van der Waals surface area contributed by atoms with E-state index in [4.69, 9.17) is 4.74 Å². The Balaban J connectivity index is 1.90. The van der Waals surface area contributed by atoms with Gasteiger partial charge in [0.2, 0.25) is 0 Å². The zero-order valence-corrected chi connectivity index (χ0v) is 13.0. The molecule has 1 aliphatic heterocycles. The second-order valence-electron chi connectivity index (χ2n) is 5.95. The van der Waals surface area contributed by atoms with E-state index in [-0.39, 0.29) is 11.6 Å². The van der Waals surface area contributed by atoms with E-state index < -0.39 is 6.10 Å². The van der Waals surface area contributed by atoms with Crippen LogP contribution in [0.25, 0.3) is 10.9 Å². The Bertz CT molecular complexity index is 725. The van der Waals surface area contributed by atoms with Gasteiger partial charge < -0.3 is 14.8 Å². The molecular formula is C17H22N2O3. The third-order valence-electron chi connectivity index (χ3n) is 4.35. The summed E-state index contributed by atoms with van der Waals surface area (Å²) in [5.41, 5.74) is 2.64. The molecule has 0 radical (unpaired) electrons. The van der Waals surface area contributed by atoms with Crippen molar-refractivity contribution in [2.45, 2.75) is 32.5 Å². The average Bonchev–Trinajstić information content (AvgIpc) is 2.91. The predicted octanol–water partition coefficient (Wildman–Crippen LogP) is 1.42. The standard InChI is InChI=1S/C17H22N2O3/c1-3-19(15-9-22-10-16(15)20)8-13-7-12-5-4-11(2)6-14(12)18-17(13)21/h4-7,15-16,20H,3,8-10H2,1-2H3,(H,18,21)/t15-,16-/m0/s1. The van der Waals surface area contributed by atoms with Crippen molar-refractivity contribution in [3.05, 3.63) is 45.7 Å². The lowest BCUT2D eigenvalue weighted by Gasteiger charge is -2.28. The second kappa shape index (κ2) is 6.20. The summed E-state index contributed by atoms with van der Waals surface area (Å²) in [6.07, 6.45) is -0.484. The second-order valence-corrected chi connectivity index (χ2v) is 5.95. The fourth-order valence-electron chi connectivity index (χ4n) is 3.04. The van der Waals surface area contributed by atoms with E-state index in [0.29, 0.717) is 19.8 Å². The summed E-state index contributed by atoms with van der Waals surface area (Å²) in [5, 5.41) is 11.0. The number of aliphatic hydroxyl groups excluding tert-OH is 1. The van der Waals surface area contributed by atoms with Gasteiger partial charge in [-0.2, -0.15) is 0 Å². The molecule has 0 aliphatic carbocycles. The summed E-state index contributed by atoms with van der Waals surface area (Å²) >= 11 is 0. The molecular weight excluding hydrogens is 280 g/mol. The summed E-state index contributed by atoms with van der Waals surface area (Å²) in [5.74, 6) is 0. The van der Waals surface area contributed by atoms with Gasteiger partial charge >= 0.3 is 0 Å². The number of pyridine rings is 1. The zero-order chi connectivity index (χ0) is 15.7. The van der Waals surface area contributed by atoms with Crippen molar-refractivity contribution in [2.24, 2.45) is 0 Å². The number of aromatic nitrogens is 1. The van der Waals surface area contributed by atoms with Crippen molar-refractivity contribution in [1.29, 1.82) is 0 Å². The van der Waals surface area contributed by atoms with Crippen LogP contribution < -0.4 is 5.56 Å². The molecule has 1 aromatic carbocycles. The minimum absolute atomic E-state index is 0.0434. The Hall–Kier alpha value is -1.69. The van der Waals surface area contributed by atoms with Crippen LogP contribution in [0.15, 0.2) is 29.1 Å². The van der Waals surface area contributed by atoms with Gasteiger partial charge in [-0.05, 0) is 36.6 Å². The fraction of sp³-hybridized carbons (Fsp3) is 0.471. The number of rotatable bonds is 4. The molecule has 5 heteroatoms. The molecule has 2 N–H and O–H groups in total. The van der Waals surface area contributed by atoms with Crippen LogP contribution in [0.1, 0.15) is 18.1 Å². The summed E-state index contributed by atoms with van der Waals surface area (Å²) in [6, 6.07) is 7.94. The van der Waals surface area contributed by atoms with E-state index >= 15 is 0 Å². The van der Waals surface area contributed by atoms with Gasteiger partial charge in [-0.3, -0.25) is 9.69 Å². The van der Waals surface area contributed by atoms with Gasteiger partial charge in [-0.25, -0.2) is 0 Å². The molecule has 118 valence electrons. The van der Waals surface area contributed by atoms with Gasteiger partial charge in [-0.15, -0.1) is 0 Å². The van der Waals surface area contributed by atoms with Gasteiger partial charge in [0, 0.05) is 17.6 Å². The van der Waals surface area contributed by atoms with Crippen LogP contribution in [-0.2, 0) is 11.3 Å². The number of aromatic amines is 1. The van der Waals surface area contributed by atoms with Gasteiger partial charge in [0.25, 0.3) is 5.56 Å². The molecule has 1 aromatic heterocycles. The molecule has 5 nitrogen and oxygen atoms in total. The lowest BCUT2D eigenvalue weighted by molar-refractivity contribution is 0.0806. The van der Waals surface area contributed by atoms with Crippen molar-refractivity contribution >= 4 is 10.9 Å². The van der Waals surface area contributed by atoms with Crippen molar-refractivity contribution in [2.75, 3.05) is 19.8 Å². The Morgan fingerprint density at radius 2 is 2.18 bits per heavy atom. The van der Waals surface area contributed by atoms with Crippen molar-refractivity contribution in [3.63, 3.8) is 0 Å². The van der Waals surface area contributed by atoms with Crippen LogP contribution in [0.3, 0.4) is 0 Å². The normalized spacial score (nSPS) is 21.8. The van der Waals surface area contributed by atoms with Gasteiger partial charge in [0.15, 0.2) is 0 Å². The minimum Gasteiger partial charge on any atom is -0.389 e. The number of nitrogens with zero attached hydrogens (tertiary/aromatic N) is 1. The quantitative estimate of drug-likeness (QED) is 0.896. The molecule has 1 aliphatic rings. The number of aliphatic hydroxyl groups is 1. The molecule has 2 heterocycles. The van der Waals surface area contributed by atoms with E-state index in [1.165, 1.54) is 0 Å². The molecule has 2 atom stereocenters. The van der Waals surface area contributed by atoms with Crippen LogP contribution in [0.5, 0.6) is 0 Å². The van der Waals surface area contributed by atoms with Crippen LogP contribution in [0.2, 0.25) is 0 Å². The molecule has 1 fully saturated rings. The number of likely N-dealkylation sites (N-methyl/N-ethyl adjacent to an activating group) is 1. The number of ether oxygens (including phenoxy) is 1. The van der Waals surface area contributed by atoms with Crippen LogP contribution in [0.4, 0.5) is 0 Å². The fourth-order valence-corrected chi connectivity index (χ4v) is 3.04. The first-order chi connectivity index (χ1) is 10.6. The minimum atomic E-state index is -0.484. The first-order valence-electron chi connectivity index (χ1n) is 7.71. The monoisotopic (exact) mass is 302 g/mol. The van der Waals surface area contributed by atoms with Gasteiger partial charge in [0.1, 0.15) is 0 Å². The molecule has 22 heavy (non-hydrogen) atoms. The Morgan fingerprint density at radius 1 is 1.36 bits per heavy atom. The average molecular weight is 302 g/mol. The Labute approximate surface area is 129 Å². The smallest absolute Gasteiger partial charge is 0.252 e. The van der Waals surface area contributed by atoms with Gasteiger partial charge in [0.05, 0.1) is 25.4 Å². The molecule has 1 saturated heterocycles. The maximum atomic E-state index is 12.3. The summed E-state index contributed by atoms with van der Waals surface area (Å²) < 4.78 is 5.33. The summed E-state index contributed by atoms with van der Waals surface area (Å²) in [7, 11) is 0. The van der Waals surface area contributed by atoms with E-state index in [9.17, 15) is 9.90 Å².